The summed E-state index contributed by atoms with van der Waals surface area (Å²) in [6, 6.07) is 4.33. The lowest BCUT2D eigenvalue weighted by Gasteiger charge is -2.42. The molecule has 1 aliphatic heterocycles. The fraction of sp³-hybridized carbons (Fsp3) is 0.636. The van der Waals surface area contributed by atoms with Gasteiger partial charge in [-0.3, -0.25) is 0 Å². The standard InChI is InChI=1S/C11H16BrNOS/c1-8(5-13)4-11(6-14-7-11)9-2-3-10(12)15-9/h2-3,8H,4-7,13H2,1H3. The van der Waals surface area contributed by atoms with Gasteiger partial charge in [-0.15, -0.1) is 11.3 Å². The Morgan fingerprint density at radius 2 is 2.33 bits per heavy atom. The van der Waals surface area contributed by atoms with Gasteiger partial charge in [0.25, 0.3) is 0 Å². The summed E-state index contributed by atoms with van der Waals surface area (Å²) < 4.78 is 6.60. The molecule has 0 radical (unpaired) electrons. The van der Waals surface area contributed by atoms with E-state index < -0.39 is 0 Å². The van der Waals surface area contributed by atoms with Crippen molar-refractivity contribution in [3.63, 3.8) is 0 Å². The highest BCUT2D eigenvalue weighted by molar-refractivity contribution is 9.11. The van der Waals surface area contributed by atoms with E-state index in [1.54, 1.807) is 0 Å². The maximum absolute atomic E-state index is 5.69. The molecular weight excluding hydrogens is 274 g/mol. The van der Waals surface area contributed by atoms with Gasteiger partial charge in [0, 0.05) is 4.88 Å². The Bertz CT molecular complexity index is 335. The van der Waals surface area contributed by atoms with E-state index in [1.807, 2.05) is 11.3 Å². The highest BCUT2D eigenvalue weighted by Crippen LogP contribution is 2.42. The third-order valence-electron chi connectivity index (χ3n) is 2.99. The summed E-state index contributed by atoms with van der Waals surface area (Å²) in [6.45, 7) is 4.67. The average molecular weight is 290 g/mol. The van der Waals surface area contributed by atoms with E-state index in [0.29, 0.717) is 5.92 Å². The van der Waals surface area contributed by atoms with Gasteiger partial charge >= 0.3 is 0 Å². The lowest BCUT2D eigenvalue weighted by atomic mass is 9.77. The smallest absolute Gasteiger partial charge is 0.0701 e. The second kappa shape index (κ2) is 4.53. The molecule has 0 aliphatic carbocycles. The molecule has 1 aromatic heterocycles. The first-order valence-corrected chi connectivity index (χ1v) is 6.81. The van der Waals surface area contributed by atoms with Crippen molar-refractivity contribution in [2.75, 3.05) is 19.8 Å². The minimum absolute atomic E-state index is 0.246. The zero-order valence-corrected chi connectivity index (χ0v) is 11.2. The van der Waals surface area contributed by atoms with Crippen molar-refractivity contribution < 1.29 is 4.74 Å². The summed E-state index contributed by atoms with van der Waals surface area (Å²) in [5.41, 5.74) is 5.94. The fourth-order valence-electron chi connectivity index (χ4n) is 2.06. The van der Waals surface area contributed by atoms with Crippen LogP contribution in [0.3, 0.4) is 0 Å². The van der Waals surface area contributed by atoms with Crippen LogP contribution in [0.5, 0.6) is 0 Å². The molecule has 15 heavy (non-hydrogen) atoms. The van der Waals surface area contributed by atoms with E-state index >= 15 is 0 Å². The molecule has 2 rings (SSSR count). The van der Waals surface area contributed by atoms with Crippen LogP contribution in [0.25, 0.3) is 0 Å². The second-order valence-electron chi connectivity index (χ2n) is 4.42. The van der Waals surface area contributed by atoms with Crippen LogP contribution >= 0.6 is 27.3 Å². The maximum Gasteiger partial charge on any atom is 0.0701 e. The lowest BCUT2D eigenvalue weighted by Crippen LogP contribution is -2.47. The summed E-state index contributed by atoms with van der Waals surface area (Å²) in [5.74, 6) is 0.565. The van der Waals surface area contributed by atoms with E-state index in [2.05, 4.69) is 35.0 Å². The highest BCUT2D eigenvalue weighted by Gasteiger charge is 2.42. The molecule has 1 fully saturated rings. The normalized spacial score (nSPS) is 21.0. The third kappa shape index (κ3) is 2.28. The van der Waals surface area contributed by atoms with Crippen LogP contribution in [0.15, 0.2) is 15.9 Å². The van der Waals surface area contributed by atoms with Gasteiger partial charge in [0.1, 0.15) is 0 Å². The van der Waals surface area contributed by atoms with Gasteiger partial charge < -0.3 is 10.5 Å². The van der Waals surface area contributed by atoms with E-state index in [-0.39, 0.29) is 5.41 Å². The minimum Gasteiger partial charge on any atom is -0.379 e. The molecule has 2 heterocycles. The predicted molar refractivity (Wildman–Crippen MR) is 67.4 cm³/mol. The topological polar surface area (TPSA) is 35.2 Å². The van der Waals surface area contributed by atoms with Crippen molar-refractivity contribution in [1.82, 2.24) is 0 Å². The van der Waals surface area contributed by atoms with E-state index in [9.17, 15) is 0 Å². The quantitative estimate of drug-likeness (QED) is 0.925. The summed E-state index contributed by atoms with van der Waals surface area (Å²) in [5, 5.41) is 0. The monoisotopic (exact) mass is 289 g/mol. The van der Waals surface area contributed by atoms with Crippen LogP contribution in [0, 0.1) is 5.92 Å². The molecule has 0 bridgehead atoms. The minimum atomic E-state index is 0.246. The Morgan fingerprint density at radius 3 is 2.73 bits per heavy atom. The van der Waals surface area contributed by atoms with Gasteiger partial charge in [0.2, 0.25) is 0 Å². The number of hydrogen-bond acceptors (Lipinski definition) is 3. The van der Waals surface area contributed by atoms with Gasteiger partial charge in [-0.25, -0.2) is 0 Å². The molecule has 1 atom stereocenters. The van der Waals surface area contributed by atoms with Crippen molar-refractivity contribution in [2.45, 2.75) is 18.8 Å². The van der Waals surface area contributed by atoms with Gasteiger partial charge in [0.15, 0.2) is 0 Å². The van der Waals surface area contributed by atoms with Crippen LogP contribution in [0.1, 0.15) is 18.2 Å². The molecule has 1 aliphatic rings. The molecule has 0 aromatic carbocycles. The molecule has 2 N–H and O–H groups in total. The zero-order valence-electron chi connectivity index (χ0n) is 8.83. The molecule has 0 amide bonds. The van der Waals surface area contributed by atoms with Crippen LogP contribution in [-0.4, -0.2) is 19.8 Å². The molecule has 2 nitrogen and oxygen atoms in total. The van der Waals surface area contributed by atoms with Crippen molar-refractivity contribution in [3.05, 3.63) is 20.8 Å². The first-order valence-electron chi connectivity index (χ1n) is 5.20. The van der Waals surface area contributed by atoms with E-state index in [0.717, 1.165) is 26.2 Å². The summed E-state index contributed by atoms with van der Waals surface area (Å²) >= 11 is 5.33. The number of hydrogen-bond donors (Lipinski definition) is 1. The fourth-order valence-corrected chi connectivity index (χ4v) is 3.61. The Morgan fingerprint density at radius 1 is 1.60 bits per heavy atom. The number of thiophene rings is 1. The summed E-state index contributed by atoms with van der Waals surface area (Å²) in [4.78, 5) is 1.43. The Labute approximate surface area is 103 Å². The number of rotatable bonds is 4. The number of ether oxygens (including phenoxy) is 1. The average Bonchev–Trinajstić information content (AvgIpc) is 2.58. The molecule has 1 aromatic rings. The SMILES string of the molecule is CC(CN)CC1(c2ccc(Br)s2)COC1. The van der Waals surface area contributed by atoms with Crippen LogP contribution < -0.4 is 5.73 Å². The molecular formula is C11H16BrNOS. The molecule has 0 spiro atoms. The molecule has 84 valence electrons. The van der Waals surface area contributed by atoms with Crippen molar-refractivity contribution in [2.24, 2.45) is 11.7 Å². The zero-order chi connectivity index (χ0) is 10.9. The van der Waals surface area contributed by atoms with Crippen LogP contribution in [0.2, 0.25) is 0 Å². The molecule has 0 saturated carbocycles. The predicted octanol–water partition coefficient (Wildman–Crippen LogP) is 2.76. The molecule has 1 saturated heterocycles. The maximum atomic E-state index is 5.69. The van der Waals surface area contributed by atoms with E-state index in [1.165, 1.54) is 8.66 Å². The van der Waals surface area contributed by atoms with Gasteiger partial charge in [-0.1, -0.05) is 6.92 Å². The van der Waals surface area contributed by atoms with Crippen molar-refractivity contribution >= 4 is 27.3 Å². The van der Waals surface area contributed by atoms with Crippen molar-refractivity contribution in [1.29, 1.82) is 0 Å². The number of halogens is 1. The Kier molecular flexibility index (Phi) is 3.50. The molecule has 1 unspecified atom stereocenters. The first-order chi connectivity index (χ1) is 7.16. The van der Waals surface area contributed by atoms with Gasteiger partial charge in [-0.05, 0) is 46.9 Å². The first kappa shape index (κ1) is 11.6. The van der Waals surface area contributed by atoms with Crippen LogP contribution in [-0.2, 0) is 10.2 Å². The van der Waals surface area contributed by atoms with Gasteiger partial charge in [-0.2, -0.15) is 0 Å². The Balaban J connectivity index is 2.14. The second-order valence-corrected chi connectivity index (χ2v) is 6.88. The van der Waals surface area contributed by atoms with E-state index in [4.69, 9.17) is 10.5 Å². The number of nitrogens with two attached hydrogens (primary N) is 1. The lowest BCUT2D eigenvalue weighted by molar-refractivity contribution is -0.0683. The molecule has 4 heteroatoms. The Hall–Kier alpha value is 0.1000. The van der Waals surface area contributed by atoms with Gasteiger partial charge in [0.05, 0.1) is 22.4 Å². The largest absolute Gasteiger partial charge is 0.379 e. The summed E-state index contributed by atoms with van der Waals surface area (Å²) in [6.07, 6.45) is 1.14. The summed E-state index contributed by atoms with van der Waals surface area (Å²) in [7, 11) is 0. The van der Waals surface area contributed by atoms with Crippen molar-refractivity contribution in [3.8, 4) is 0 Å². The highest BCUT2D eigenvalue weighted by atomic mass is 79.9. The third-order valence-corrected chi connectivity index (χ3v) is 4.86. The van der Waals surface area contributed by atoms with Crippen LogP contribution in [0.4, 0.5) is 0 Å².